The van der Waals surface area contributed by atoms with Gasteiger partial charge in [0.05, 0.1) is 11.7 Å². The Morgan fingerprint density at radius 3 is 2.61 bits per heavy atom. The SMILES string of the molecule is CC1C=C(N=C(N)N)C=C2CC(C(C)(C)C)=NC21. The van der Waals surface area contributed by atoms with Crippen molar-refractivity contribution in [3.05, 3.63) is 23.4 Å². The van der Waals surface area contributed by atoms with Crippen molar-refractivity contribution < 1.29 is 0 Å². The Morgan fingerprint density at radius 1 is 1.39 bits per heavy atom. The molecule has 0 amide bonds. The Morgan fingerprint density at radius 2 is 2.06 bits per heavy atom. The Kier molecular flexibility index (Phi) is 3.05. The molecule has 18 heavy (non-hydrogen) atoms. The topological polar surface area (TPSA) is 76.8 Å². The molecule has 0 saturated heterocycles. The minimum absolute atomic E-state index is 0.110. The maximum Gasteiger partial charge on any atom is 0.191 e. The molecular weight excluding hydrogens is 224 g/mol. The third-order valence-corrected chi connectivity index (χ3v) is 3.44. The molecule has 0 aromatic carbocycles. The van der Waals surface area contributed by atoms with Crippen molar-refractivity contribution >= 4 is 11.7 Å². The third kappa shape index (κ3) is 2.47. The summed E-state index contributed by atoms with van der Waals surface area (Å²) in [7, 11) is 0. The fourth-order valence-electron chi connectivity index (χ4n) is 2.46. The fourth-order valence-corrected chi connectivity index (χ4v) is 2.46. The molecule has 2 unspecified atom stereocenters. The highest BCUT2D eigenvalue weighted by atomic mass is 15.0. The van der Waals surface area contributed by atoms with Crippen molar-refractivity contribution in [3.8, 4) is 0 Å². The molecule has 0 radical (unpaired) electrons. The average molecular weight is 246 g/mol. The predicted octanol–water partition coefficient (Wildman–Crippen LogP) is 1.98. The summed E-state index contributed by atoms with van der Waals surface area (Å²) >= 11 is 0. The van der Waals surface area contributed by atoms with Crippen molar-refractivity contribution in [3.63, 3.8) is 0 Å². The van der Waals surface area contributed by atoms with E-state index in [0.717, 1.165) is 12.1 Å². The van der Waals surface area contributed by atoms with Crippen LogP contribution in [-0.4, -0.2) is 17.7 Å². The highest BCUT2D eigenvalue weighted by molar-refractivity contribution is 5.94. The van der Waals surface area contributed by atoms with E-state index < -0.39 is 0 Å². The molecule has 2 aliphatic rings. The quantitative estimate of drug-likeness (QED) is 0.548. The molecule has 4 nitrogen and oxygen atoms in total. The van der Waals surface area contributed by atoms with Gasteiger partial charge in [0, 0.05) is 23.5 Å². The maximum atomic E-state index is 5.43. The van der Waals surface area contributed by atoms with Gasteiger partial charge in [-0.3, -0.25) is 4.99 Å². The summed E-state index contributed by atoms with van der Waals surface area (Å²) in [5.41, 5.74) is 14.5. The van der Waals surface area contributed by atoms with E-state index in [1.165, 1.54) is 11.3 Å². The monoisotopic (exact) mass is 246 g/mol. The molecule has 1 aliphatic carbocycles. The van der Waals surface area contributed by atoms with Crippen LogP contribution in [0.25, 0.3) is 0 Å². The van der Waals surface area contributed by atoms with E-state index in [9.17, 15) is 0 Å². The number of rotatable bonds is 1. The summed E-state index contributed by atoms with van der Waals surface area (Å²) in [5.74, 6) is 0.460. The summed E-state index contributed by atoms with van der Waals surface area (Å²) in [6.45, 7) is 8.78. The van der Waals surface area contributed by atoms with E-state index >= 15 is 0 Å². The van der Waals surface area contributed by atoms with Gasteiger partial charge in [-0.1, -0.05) is 33.8 Å². The van der Waals surface area contributed by atoms with E-state index in [4.69, 9.17) is 16.5 Å². The second-order valence-electron chi connectivity index (χ2n) is 6.15. The Labute approximate surface area is 109 Å². The van der Waals surface area contributed by atoms with Crippen molar-refractivity contribution in [2.45, 2.75) is 40.2 Å². The number of guanidine groups is 1. The van der Waals surface area contributed by atoms with Crippen LogP contribution in [0.5, 0.6) is 0 Å². The van der Waals surface area contributed by atoms with E-state index in [1.807, 2.05) is 0 Å². The maximum absolute atomic E-state index is 5.43. The van der Waals surface area contributed by atoms with Crippen LogP contribution in [0.1, 0.15) is 34.1 Å². The van der Waals surface area contributed by atoms with E-state index in [0.29, 0.717) is 5.92 Å². The van der Waals surface area contributed by atoms with Crippen molar-refractivity contribution in [2.75, 3.05) is 0 Å². The van der Waals surface area contributed by atoms with Crippen LogP contribution in [0.3, 0.4) is 0 Å². The first kappa shape index (κ1) is 12.9. The zero-order valence-corrected chi connectivity index (χ0v) is 11.6. The number of nitrogens with zero attached hydrogens (tertiary/aromatic N) is 2. The first-order valence-electron chi connectivity index (χ1n) is 6.36. The summed E-state index contributed by atoms with van der Waals surface area (Å²) in [6.07, 6.45) is 5.10. The molecule has 4 heteroatoms. The van der Waals surface area contributed by atoms with E-state index in [1.54, 1.807) is 0 Å². The molecule has 2 rings (SSSR count). The standard InChI is InChI=1S/C14H22N4/c1-8-5-10(17-13(15)16)6-9-7-11(14(2,3)4)18-12(8)9/h5-6,8,12H,7H2,1-4H3,(H4,15,16,17). The van der Waals surface area contributed by atoms with Gasteiger partial charge in [-0.2, -0.15) is 0 Å². The zero-order chi connectivity index (χ0) is 13.5. The van der Waals surface area contributed by atoms with Gasteiger partial charge in [-0.15, -0.1) is 0 Å². The number of hydrogen-bond donors (Lipinski definition) is 2. The van der Waals surface area contributed by atoms with Crippen LogP contribution in [0, 0.1) is 11.3 Å². The molecule has 98 valence electrons. The van der Waals surface area contributed by atoms with Gasteiger partial charge < -0.3 is 11.5 Å². The first-order chi connectivity index (χ1) is 8.27. The highest BCUT2D eigenvalue weighted by Gasteiger charge is 2.34. The Bertz CT molecular complexity index is 471. The predicted molar refractivity (Wildman–Crippen MR) is 76.4 cm³/mol. The minimum Gasteiger partial charge on any atom is -0.370 e. The Hall–Kier alpha value is -1.58. The molecule has 0 bridgehead atoms. The van der Waals surface area contributed by atoms with Crippen molar-refractivity contribution in [1.82, 2.24) is 0 Å². The summed E-state index contributed by atoms with van der Waals surface area (Å²) in [4.78, 5) is 9.01. The van der Waals surface area contributed by atoms with Gasteiger partial charge in [0.15, 0.2) is 5.96 Å². The molecule has 0 aromatic heterocycles. The van der Waals surface area contributed by atoms with E-state index in [2.05, 4.69) is 44.8 Å². The lowest BCUT2D eigenvalue weighted by molar-refractivity contribution is 0.577. The molecule has 1 aliphatic heterocycles. The van der Waals surface area contributed by atoms with Gasteiger partial charge in [0.2, 0.25) is 0 Å². The lowest BCUT2D eigenvalue weighted by Gasteiger charge is -2.20. The molecule has 0 fully saturated rings. The second-order valence-corrected chi connectivity index (χ2v) is 6.15. The van der Waals surface area contributed by atoms with Crippen LogP contribution in [0.4, 0.5) is 0 Å². The number of nitrogens with two attached hydrogens (primary N) is 2. The van der Waals surface area contributed by atoms with E-state index in [-0.39, 0.29) is 17.4 Å². The van der Waals surface area contributed by atoms with Crippen LogP contribution < -0.4 is 11.5 Å². The van der Waals surface area contributed by atoms with Gasteiger partial charge >= 0.3 is 0 Å². The summed E-state index contributed by atoms with van der Waals surface area (Å²) in [5, 5.41) is 0. The third-order valence-electron chi connectivity index (χ3n) is 3.44. The number of hydrogen-bond acceptors (Lipinski definition) is 2. The lowest BCUT2D eigenvalue weighted by Crippen LogP contribution is -2.23. The molecule has 1 heterocycles. The number of fused-ring (bicyclic) bond motifs is 1. The van der Waals surface area contributed by atoms with Gasteiger partial charge in [0.25, 0.3) is 0 Å². The molecule has 0 aromatic rings. The summed E-state index contributed by atoms with van der Waals surface area (Å²) in [6, 6.07) is 0.275. The van der Waals surface area contributed by atoms with Crippen molar-refractivity contribution in [2.24, 2.45) is 32.8 Å². The molecule has 0 saturated carbocycles. The fraction of sp³-hybridized carbons (Fsp3) is 0.571. The lowest BCUT2D eigenvalue weighted by atomic mass is 9.84. The summed E-state index contributed by atoms with van der Waals surface area (Å²) < 4.78 is 0. The zero-order valence-electron chi connectivity index (χ0n) is 11.6. The largest absolute Gasteiger partial charge is 0.370 e. The van der Waals surface area contributed by atoms with Gasteiger partial charge in [-0.25, -0.2) is 4.99 Å². The average Bonchev–Trinajstić information content (AvgIpc) is 2.59. The van der Waals surface area contributed by atoms with Crippen LogP contribution in [0.15, 0.2) is 33.4 Å². The van der Waals surface area contributed by atoms with Gasteiger partial charge in [-0.05, 0) is 11.6 Å². The minimum atomic E-state index is 0.110. The molecular formula is C14H22N4. The molecule has 2 atom stereocenters. The highest BCUT2D eigenvalue weighted by Crippen LogP contribution is 2.37. The van der Waals surface area contributed by atoms with Crippen LogP contribution >= 0.6 is 0 Å². The number of aliphatic imine (C=N–C) groups is 2. The first-order valence-corrected chi connectivity index (χ1v) is 6.36. The molecule has 0 spiro atoms. The number of allylic oxidation sites excluding steroid dienone is 1. The van der Waals surface area contributed by atoms with Gasteiger partial charge in [0.1, 0.15) is 0 Å². The van der Waals surface area contributed by atoms with Crippen molar-refractivity contribution in [1.29, 1.82) is 0 Å². The Balaban J connectivity index is 2.28. The van der Waals surface area contributed by atoms with Crippen LogP contribution in [0.2, 0.25) is 0 Å². The molecule has 4 N–H and O–H groups in total. The normalized spacial score (nSPS) is 27.0. The second kappa shape index (κ2) is 4.26. The van der Waals surface area contributed by atoms with Crippen LogP contribution in [-0.2, 0) is 0 Å². The smallest absolute Gasteiger partial charge is 0.191 e.